The number of ether oxygens (including phenoxy) is 1. The number of hydrogen-bond donors (Lipinski definition) is 3. The molecule has 0 atom stereocenters. The number of rotatable bonds is 11. The zero-order valence-electron chi connectivity index (χ0n) is 22.3. The van der Waals surface area contributed by atoms with E-state index in [1.165, 1.54) is 19.2 Å². The molecule has 0 bridgehead atoms. The van der Waals surface area contributed by atoms with Crippen molar-refractivity contribution >= 4 is 29.0 Å². The zero-order valence-corrected chi connectivity index (χ0v) is 22.3. The van der Waals surface area contributed by atoms with Crippen molar-refractivity contribution in [3.8, 4) is 16.9 Å². The summed E-state index contributed by atoms with van der Waals surface area (Å²) in [5.41, 5.74) is 5.21. The number of aromatic nitrogens is 3. The first-order valence-electron chi connectivity index (χ1n) is 13.0. The van der Waals surface area contributed by atoms with Crippen LogP contribution in [0.1, 0.15) is 21.5 Å². The molecule has 2 aromatic heterocycles. The van der Waals surface area contributed by atoms with E-state index in [-0.39, 0.29) is 37.1 Å². The summed E-state index contributed by atoms with van der Waals surface area (Å²) in [4.78, 5) is 29.2. The van der Waals surface area contributed by atoms with E-state index >= 15 is 0 Å². The van der Waals surface area contributed by atoms with E-state index in [0.717, 1.165) is 22.3 Å². The van der Waals surface area contributed by atoms with Crippen LogP contribution in [0.4, 0.5) is 16.0 Å². The fourth-order valence-corrected chi connectivity index (χ4v) is 4.37. The van der Waals surface area contributed by atoms with Gasteiger partial charge in [0.25, 0.3) is 5.91 Å². The van der Waals surface area contributed by atoms with E-state index < -0.39 is 0 Å². The maximum absolute atomic E-state index is 13.1. The molecule has 0 saturated carbocycles. The Morgan fingerprint density at radius 2 is 1.61 bits per heavy atom. The smallest absolute Gasteiger partial charge is 0.251 e. The summed E-state index contributed by atoms with van der Waals surface area (Å²) in [6, 6.07) is 22.5. The predicted octanol–water partition coefficient (Wildman–Crippen LogP) is 4.36. The molecule has 208 valence electrons. The Kier molecular flexibility index (Phi) is 8.31. The number of Topliss-reactive ketones (excluding diaryl/α,β-unsaturated/α-hetero) is 1. The average Bonchev–Trinajstić information content (AvgIpc) is 3.39. The van der Waals surface area contributed by atoms with Gasteiger partial charge in [0.15, 0.2) is 5.65 Å². The SMILES string of the molecule is COc1cc(C(=O)NCCO)ccc1Nc1nc2ccc(-c3ccc(CC(=O)Cc4ccc(F)cc4)cc3)cn2n1. The average molecular weight is 554 g/mol. The minimum absolute atomic E-state index is 0.0599. The molecule has 3 N–H and O–H groups in total. The van der Waals surface area contributed by atoms with Crippen molar-refractivity contribution in [3.63, 3.8) is 0 Å². The number of nitrogens with zero attached hydrogens (tertiary/aromatic N) is 3. The first-order chi connectivity index (χ1) is 19.9. The van der Waals surface area contributed by atoms with Crippen LogP contribution in [0.3, 0.4) is 0 Å². The van der Waals surface area contributed by atoms with Crippen molar-refractivity contribution in [2.24, 2.45) is 0 Å². The number of ketones is 1. The Labute approximate surface area is 235 Å². The van der Waals surface area contributed by atoms with Crippen LogP contribution in [0.15, 0.2) is 85.1 Å². The largest absolute Gasteiger partial charge is 0.495 e. The number of pyridine rings is 1. The molecule has 5 rings (SSSR count). The van der Waals surface area contributed by atoms with Gasteiger partial charge in [0.05, 0.1) is 19.4 Å². The molecule has 9 nitrogen and oxygen atoms in total. The third-order valence-electron chi connectivity index (χ3n) is 6.44. The van der Waals surface area contributed by atoms with Crippen LogP contribution in [-0.4, -0.2) is 51.7 Å². The monoisotopic (exact) mass is 553 g/mol. The number of benzene rings is 3. The van der Waals surface area contributed by atoms with Crippen molar-refractivity contribution in [2.75, 3.05) is 25.6 Å². The van der Waals surface area contributed by atoms with Crippen LogP contribution in [0.25, 0.3) is 16.8 Å². The minimum Gasteiger partial charge on any atom is -0.495 e. The number of fused-ring (bicyclic) bond motifs is 1. The van der Waals surface area contributed by atoms with Gasteiger partial charge < -0.3 is 20.5 Å². The lowest BCUT2D eigenvalue weighted by atomic mass is 10.0. The maximum Gasteiger partial charge on any atom is 0.251 e. The Balaban J connectivity index is 1.26. The minimum atomic E-state index is -0.318. The van der Waals surface area contributed by atoms with E-state index in [2.05, 4.69) is 20.7 Å². The van der Waals surface area contributed by atoms with Crippen LogP contribution >= 0.6 is 0 Å². The number of amides is 1. The van der Waals surface area contributed by atoms with Crippen molar-refractivity contribution < 1.29 is 23.8 Å². The van der Waals surface area contributed by atoms with E-state index in [1.54, 1.807) is 34.8 Å². The summed E-state index contributed by atoms with van der Waals surface area (Å²) in [6.45, 7) is 0.0210. The molecule has 10 heteroatoms. The Hall–Kier alpha value is -5.09. The third kappa shape index (κ3) is 6.74. The van der Waals surface area contributed by atoms with Gasteiger partial charge in [0, 0.05) is 36.7 Å². The number of halogens is 1. The van der Waals surface area contributed by atoms with Crippen molar-refractivity contribution in [1.29, 1.82) is 0 Å². The van der Waals surface area contributed by atoms with E-state index in [1.807, 2.05) is 42.6 Å². The number of carbonyl (C=O) groups excluding carboxylic acids is 2. The molecule has 1 amide bonds. The molecule has 3 aromatic carbocycles. The molecule has 0 spiro atoms. The predicted molar refractivity (Wildman–Crippen MR) is 153 cm³/mol. The molecule has 0 aliphatic heterocycles. The lowest BCUT2D eigenvalue weighted by Gasteiger charge is -2.11. The zero-order chi connectivity index (χ0) is 28.8. The second-order valence-electron chi connectivity index (χ2n) is 9.39. The maximum atomic E-state index is 13.1. The Bertz CT molecular complexity index is 1680. The van der Waals surface area contributed by atoms with Gasteiger partial charge in [0.1, 0.15) is 17.3 Å². The first-order valence-corrected chi connectivity index (χ1v) is 13.0. The van der Waals surface area contributed by atoms with Crippen LogP contribution < -0.4 is 15.4 Å². The van der Waals surface area contributed by atoms with E-state index in [0.29, 0.717) is 35.0 Å². The Morgan fingerprint density at radius 3 is 2.29 bits per heavy atom. The number of anilines is 2. The molecule has 0 unspecified atom stereocenters. The molecule has 41 heavy (non-hydrogen) atoms. The third-order valence-corrected chi connectivity index (χ3v) is 6.44. The summed E-state index contributed by atoms with van der Waals surface area (Å²) in [6.07, 6.45) is 2.43. The highest BCUT2D eigenvalue weighted by Crippen LogP contribution is 2.28. The van der Waals surface area contributed by atoms with Gasteiger partial charge in [-0.1, -0.05) is 36.4 Å². The van der Waals surface area contributed by atoms with Crippen LogP contribution in [0.5, 0.6) is 5.75 Å². The lowest BCUT2D eigenvalue weighted by molar-refractivity contribution is -0.117. The summed E-state index contributed by atoms with van der Waals surface area (Å²) >= 11 is 0. The highest BCUT2D eigenvalue weighted by Gasteiger charge is 2.13. The number of carbonyl (C=O) groups is 2. The van der Waals surface area contributed by atoms with Crippen molar-refractivity contribution in [1.82, 2.24) is 19.9 Å². The lowest BCUT2D eigenvalue weighted by Crippen LogP contribution is -2.26. The number of hydrogen-bond acceptors (Lipinski definition) is 7. The molecule has 2 heterocycles. The summed E-state index contributed by atoms with van der Waals surface area (Å²) in [7, 11) is 1.51. The Morgan fingerprint density at radius 1 is 0.927 bits per heavy atom. The van der Waals surface area contributed by atoms with Gasteiger partial charge in [-0.25, -0.2) is 8.91 Å². The second-order valence-corrected chi connectivity index (χ2v) is 9.39. The fourth-order valence-electron chi connectivity index (χ4n) is 4.37. The van der Waals surface area contributed by atoms with Crippen LogP contribution in [0, 0.1) is 5.82 Å². The summed E-state index contributed by atoms with van der Waals surface area (Å²) in [5.74, 6) is 0.226. The van der Waals surface area contributed by atoms with Crippen LogP contribution in [0.2, 0.25) is 0 Å². The number of nitrogens with one attached hydrogen (secondary N) is 2. The molecule has 0 aliphatic rings. The van der Waals surface area contributed by atoms with Gasteiger partial charge in [-0.3, -0.25) is 9.59 Å². The fraction of sp³-hybridized carbons (Fsp3) is 0.161. The normalized spacial score (nSPS) is 10.9. The molecule has 0 fully saturated rings. The van der Waals surface area contributed by atoms with E-state index in [9.17, 15) is 14.0 Å². The van der Waals surface area contributed by atoms with Crippen molar-refractivity contribution in [2.45, 2.75) is 12.8 Å². The second kappa shape index (κ2) is 12.4. The summed E-state index contributed by atoms with van der Waals surface area (Å²) in [5, 5.41) is 19.2. The van der Waals surface area contributed by atoms with E-state index in [4.69, 9.17) is 9.84 Å². The topological polar surface area (TPSA) is 118 Å². The number of aliphatic hydroxyl groups excluding tert-OH is 1. The molecule has 0 saturated heterocycles. The van der Waals surface area contributed by atoms with Crippen LogP contribution in [-0.2, 0) is 17.6 Å². The highest BCUT2D eigenvalue weighted by molar-refractivity contribution is 5.95. The quantitative estimate of drug-likeness (QED) is 0.222. The van der Waals surface area contributed by atoms with Gasteiger partial charge in [-0.15, -0.1) is 5.10 Å². The first kappa shape index (κ1) is 27.5. The van der Waals surface area contributed by atoms with Gasteiger partial charge in [0.2, 0.25) is 5.95 Å². The van der Waals surface area contributed by atoms with Gasteiger partial charge >= 0.3 is 0 Å². The molecular weight excluding hydrogens is 525 g/mol. The standard InChI is InChI=1S/C31H28FN5O4/c1-41-28-18-23(30(40)33-14-15-38)8-12-27(28)34-31-35-29-13-9-24(19-37(29)36-31)22-6-2-20(3-7-22)16-26(39)17-21-4-10-25(32)11-5-21/h2-13,18-19,38H,14-17H2,1H3,(H,33,40)(H,34,36). The highest BCUT2D eigenvalue weighted by atomic mass is 19.1. The van der Waals surface area contributed by atoms with Gasteiger partial charge in [-0.05, 0) is 59.2 Å². The van der Waals surface area contributed by atoms with Crippen molar-refractivity contribution in [3.05, 3.63) is 108 Å². The molecule has 5 aromatic rings. The molecule has 0 aliphatic carbocycles. The molecular formula is C31H28FN5O4. The number of methoxy groups -OCH3 is 1. The molecule has 0 radical (unpaired) electrons. The summed E-state index contributed by atoms with van der Waals surface area (Å²) < 4.78 is 20.2. The van der Waals surface area contributed by atoms with Gasteiger partial charge in [-0.2, -0.15) is 4.98 Å². The number of aliphatic hydroxyl groups is 1.